The number of carbonyl (C=O) groups excluding carboxylic acids is 1. The second kappa shape index (κ2) is 6.09. The third-order valence-electron chi connectivity index (χ3n) is 4.49. The van der Waals surface area contributed by atoms with Crippen LogP contribution in [-0.2, 0) is 10.2 Å². The van der Waals surface area contributed by atoms with Crippen molar-refractivity contribution in [2.24, 2.45) is 5.92 Å². The zero-order chi connectivity index (χ0) is 17.5. The average molecular weight is 362 g/mol. The van der Waals surface area contributed by atoms with Gasteiger partial charge in [0.05, 0.1) is 5.92 Å². The van der Waals surface area contributed by atoms with Crippen LogP contribution in [0.5, 0.6) is 0 Å². The third-order valence-corrected chi connectivity index (χ3v) is 5.00. The van der Waals surface area contributed by atoms with Crippen LogP contribution in [0.4, 0.5) is 0 Å². The Balaban J connectivity index is 1.99. The molecule has 0 spiro atoms. The molecule has 2 aromatic rings. The van der Waals surface area contributed by atoms with Crippen LogP contribution in [0.2, 0.25) is 10.0 Å². The maximum Gasteiger partial charge on any atom is 0.224 e. The van der Waals surface area contributed by atoms with Gasteiger partial charge in [0.25, 0.3) is 0 Å². The normalized spacial score (nSPS) is 19.0. The smallest absolute Gasteiger partial charge is 0.224 e. The molecular weight excluding hydrogens is 341 g/mol. The molecule has 0 aliphatic heterocycles. The van der Waals surface area contributed by atoms with Gasteiger partial charge in [-0.2, -0.15) is 0 Å². The summed E-state index contributed by atoms with van der Waals surface area (Å²) in [5.74, 6) is 0.00600. The molecule has 0 bridgehead atoms. The Morgan fingerprint density at radius 1 is 0.958 bits per heavy atom. The van der Waals surface area contributed by atoms with Crippen molar-refractivity contribution >= 4 is 29.1 Å². The summed E-state index contributed by atoms with van der Waals surface area (Å²) in [5, 5.41) is 4.50. The lowest BCUT2D eigenvalue weighted by molar-refractivity contribution is -0.124. The van der Waals surface area contributed by atoms with Crippen molar-refractivity contribution in [3.8, 4) is 0 Å². The van der Waals surface area contributed by atoms with Crippen molar-refractivity contribution in [2.45, 2.75) is 38.1 Å². The largest absolute Gasteiger partial charge is 0.351 e. The number of hydrogen-bond acceptors (Lipinski definition) is 1. The number of halogens is 2. The highest BCUT2D eigenvalue weighted by molar-refractivity contribution is 6.30. The molecule has 0 heterocycles. The molecule has 0 radical (unpaired) electrons. The van der Waals surface area contributed by atoms with E-state index in [0.717, 1.165) is 17.5 Å². The van der Waals surface area contributed by atoms with Crippen LogP contribution in [0.1, 0.15) is 38.3 Å². The monoisotopic (exact) mass is 361 g/mol. The third kappa shape index (κ3) is 3.31. The second-order valence-corrected chi connectivity index (χ2v) is 8.35. The topological polar surface area (TPSA) is 29.1 Å². The number of benzene rings is 2. The number of carbonyl (C=O) groups is 1. The van der Waals surface area contributed by atoms with Crippen molar-refractivity contribution in [3.63, 3.8) is 0 Å². The molecule has 2 nitrogen and oxygen atoms in total. The first kappa shape index (κ1) is 17.3. The summed E-state index contributed by atoms with van der Waals surface area (Å²) >= 11 is 12.1. The first-order valence-electron chi connectivity index (χ1n) is 8.06. The molecular formula is C20H21Cl2NO. The van der Waals surface area contributed by atoms with Crippen molar-refractivity contribution in [2.75, 3.05) is 0 Å². The Hall–Kier alpha value is -1.51. The first-order chi connectivity index (χ1) is 11.2. The van der Waals surface area contributed by atoms with E-state index in [1.807, 2.05) is 69.3 Å². The molecule has 1 fully saturated rings. The summed E-state index contributed by atoms with van der Waals surface area (Å²) in [6.07, 6.45) is 0.790. The van der Waals surface area contributed by atoms with E-state index in [4.69, 9.17) is 23.2 Å². The summed E-state index contributed by atoms with van der Waals surface area (Å²) < 4.78 is 0. The molecule has 1 atom stereocenters. The van der Waals surface area contributed by atoms with E-state index in [9.17, 15) is 4.79 Å². The molecule has 1 saturated carbocycles. The van der Waals surface area contributed by atoms with Crippen LogP contribution < -0.4 is 5.32 Å². The number of hydrogen-bond donors (Lipinski definition) is 1. The van der Waals surface area contributed by atoms with E-state index in [1.165, 1.54) is 0 Å². The van der Waals surface area contributed by atoms with Crippen LogP contribution in [0.15, 0.2) is 48.5 Å². The van der Waals surface area contributed by atoms with Gasteiger partial charge in [0.15, 0.2) is 0 Å². The zero-order valence-electron chi connectivity index (χ0n) is 14.1. The van der Waals surface area contributed by atoms with Crippen molar-refractivity contribution < 1.29 is 4.79 Å². The minimum absolute atomic E-state index is 0.0842. The molecule has 1 amide bonds. The van der Waals surface area contributed by atoms with Crippen molar-refractivity contribution in [1.29, 1.82) is 0 Å². The highest BCUT2D eigenvalue weighted by Crippen LogP contribution is 2.59. The van der Waals surface area contributed by atoms with Crippen LogP contribution in [0, 0.1) is 5.92 Å². The molecule has 126 valence electrons. The fourth-order valence-electron chi connectivity index (χ4n) is 3.34. The molecule has 1 aliphatic rings. The summed E-state index contributed by atoms with van der Waals surface area (Å²) in [5.41, 5.74) is 1.68. The average Bonchev–Trinajstić information content (AvgIpc) is 3.24. The van der Waals surface area contributed by atoms with Crippen LogP contribution in [0.25, 0.3) is 0 Å². The Morgan fingerprint density at radius 2 is 1.38 bits per heavy atom. The lowest BCUT2D eigenvalue weighted by atomic mass is 9.85. The fourth-order valence-corrected chi connectivity index (χ4v) is 3.59. The SMILES string of the molecule is CC(C)(C)NC(=O)C1CC1(c1ccc(Cl)cc1)c1ccc(Cl)cc1. The Bertz CT molecular complexity index is 699. The summed E-state index contributed by atoms with van der Waals surface area (Å²) in [4.78, 5) is 12.8. The molecule has 3 rings (SSSR count). The van der Waals surface area contributed by atoms with E-state index in [1.54, 1.807) is 0 Å². The number of rotatable bonds is 3. The Kier molecular flexibility index (Phi) is 4.39. The minimum Gasteiger partial charge on any atom is -0.351 e. The predicted octanol–water partition coefficient (Wildman–Crippen LogP) is 5.21. The highest BCUT2D eigenvalue weighted by atomic mass is 35.5. The summed E-state index contributed by atoms with van der Waals surface area (Å²) in [6, 6.07) is 15.6. The van der Waals surface area contributed by atoms with Crippen molar-refractivity contribution in [1.82, 2.24) is 5.32 Å². The molecule has 1 N–H and O–H groups in total. The van der Waals surface area contributed by atoms with Crippen LogP contribution in [0.3, 0.4) is 0 Å². The highest BCUT2D eigenvalue weighted by Gasteiger charge is 2.60. The quantitative estimate of drug-likeness (QED) is 0.798. The van der Waals surface area contributed by atoms with Gasteiger partial charge >= 0.3 is 0 Å². The minimum atomic E-state index is -0.301. The van der Waals surface area contributed by atoms with E-state index in [-0.39, 0.29) is 22.8 Å². The van der Waals surface area contributed by atoms with Crippen LogP contribution in [-0.4, -0.2) is 11.4 Å². The van der Waals surface area contributed by atoms with Gasteiger partial charge in [-0.3, -0.25) is 4.79 Å². The Morgan fingerprint density at radius 3 is 1.75 bits per heavy atom. The van der Waals surface area contributed by atoms with E-state index >= 15 is 0 Å². The lowest BCUT2D eigenvalue weighted by Crippen LogP contribution is -2.42. The molecule has 24 heavy (non-hydrogen) atoms. The first-order valence-corrected chi connectivity index (χ1v) is 8.82. The molecule has 1 unspecified atom stereocenters. The van der Waals surface area contributed by atoms with E-state index in [0.29, 0.717) is 10.0 Å². The standard InChI is InChI=1S/C20H21Cl2NO/c1-19(2,3)23-18(24)17-12-20(17,13-4-8-15(21)9-5-13)14-6-10-16(22)11-7-14/h4-11,17H,12H2,1-3H3,(H,23,24). The van der Waals surface area contributed by atoms with Gasteiger partial charge in [-0.15, -0.1) is 0 Å². The maximum absolute atomic E-state index is 12.8. The lowest BCUT2D eigenvalue weighted by Gasteiger charge is -2.23. The summed E-state index contributed by atoms with van der Waals surface area (Å²) in [7, 11) is 0. The molecule has 2 aromatic carbocycles. The van der Waals surface area contributed by atoms with Gasteiger partial charge in [0.1, 0.15) is 0 Å². The van der Waals surface area contributed by atoms with E-state index < -0.39 is 0 Å². The number of amides is 1. The molecule has 4 heteroatoms. The molecule has 0 aromatic heterocycles. The second-order valence-electron chi connectivity index (χ2n) is 7.48. The van der Waals surface area contributed by atoms with Crippen LogP contribution >= 0.6 is 23.2 Å². The molecule has 0 saturated heterocycles. The van der Waals surface area contributed by atoms with Gasteiger partial charge in [0.2, 0.25) is 5.91 Å². The van der Waals surface area contributed by atoms with Crippen molar-refractivity contribution in [3.05, 3.63) is 69.7 Å². The summed E-state index contributed by atoms with van der Waals surface area (Å²) in [6.45, 7) is 6.00. The van der Waals surface area contributed by atoms with Gasteiger partial charge in [0, 0.05) is 21.0 Å². The van der Waals surface area contributed by atoms with Gasteiger partial charge in [-0.05, 0) is 62.6 Å². The fraction of sp³-hybridized carbons (Fsp3) is 0.350. The van der Waals surface area contributed by atoms with E-state index in [2.05, 4.69) is 5.32 Å². The Labute approximate surface area is 153 Å². The maximum atomic E-state index is 12.8. The predicted molar refractivity (Wildman–Crippen MR) is 99.7 cm³/mol. The molecule has 1 aliphatic carbocycles. The van der Waals surface area contributed by atoms with Gasteiger partial charge in [-0.1, -0.05) is 47.5 Å². The van der Waals surface area contributed by atoms with Gasteiger partial charge < -0.3 is 5.32 Å². The zero-order valence-corrected chi connectivity index (χ0v) is 15.6. The number of nitrogens with one attached hydrogen (secondary N) is 1. The van der Waals surface area contributed by atoms with Gasteiger partial charge in [-0.25, -0.2) is 0 Å².